The first kappa shape index (κ1) is 19.7. The zero-order valence-electron chi connectivity index (χ0n) is 16.2. The SMILES string of the molecule is Cc1cc(C(=O)NC2CCOC3(CCCCC3)C2)cc(C)c1OCC(=O)O. The van der Waals surface area contributed by atoms with Crippen molar-refractivity contribution in [3.63, 3.8) is 0 Å². The van der Waals surface area contributed by atoms with Gasteiger partial charge in [-0.25, -0.2) is 4.79 Å². The Morgan fingerprint density at radius 2 is 1.89 bits per heavy atom. The van der Waals surface area contributed by atoms with Crippen LogP contribution in [0, 0.1) is 13.8 Å². The van der Waals surface area contributed by atoms with Gasteiger partial charge in [-0.05, 0) is 62.8 Å². The van der Waals surface area contributed by atoms with Crippen molar-refractivity contribution in [2.45, 2.75) is 70.4 Å². The molecule has 1 aliphatic heterocycles. The quantitative estimate of drug-likeness (QED) is 0.824. The van der Waals surface area contributed by atoms with Gasteiger partial charge in [0.2, 0.25) is 0 Å². The van der Waals surface area contributed by atoms with E-state index in [4.69, 9.17) is 14.6 Å². The first-order valence-electron chi connectivity index (χ1n) is 9.79. The summed E-state index contributed by atoms with van der Waals surface area (Å²) in [4.78, 5) is 23.5. The van der Waals surface area contributed by atoms with Crippen LogP contribution in [0.3, 0.4) is 0 Å². The highest BCUT2D eigenvalue weighted by Gasteiger charge is 2.38. The maximum absolute atomic E-state index is 12.8. The van der Waals surface area contributed by atoms with Crippen LogP contribution in [0.5, 0.6) is 5.75 Å². The van der Waals surface area contributed by atoms with E-state index in [1.807, 2.05) is 13.8 Å². The van der Waals surface area contributed by atoms with E-state index < -0.39 is 12.6 Å². The molecule has 1 saturated carbocycles. The second kappa shape index (κ2) is 8.30. The number of aliphatic carboxylic acids is 1. The minimum Gasteiger partial charge on any atom is -0.481 e. The summed E-state index contributed by atoms with van der Waals surface area (Å²) in [7, 11) is 0. The first-order valence-corrected chi connectivity index (χ1v) is 9.79. The van der Waals surface area contributed by atoms with E-state index in [9.17, 15) is 9.59 Å². The van der Waals surface area contributed by atoms with Crippen LogP contribution < -0.4 is 10.1 Å². The molecule has 1 atom stereocenters. The number of rotatable bonds is 5. The van der Waals surface area contributed by atoms with Gasteiger partial charge in [0.15, 0.2) is 6.61 Å². The van der Waals surface area contributed by atoms with E-state index in [1.165, 1.54) is 19.3 Å². The highest BCUT2D eigenvalue weighted by Crippen LogP contribution is 2.38. The van der Waals surface area contributed by atoms with Gasteiger partial charge in [-0.15, -0.1) is 0 Å². The van der Waals surface area contributed by atoms with E-state index in [2.05, 4.69) is 5.32 Å². The van der Waals surface area contributed by atoms with Crippen molar-refractivity contribution in [2.24, 2.45) is 0 Å². The molecule has 1 aliphatic carbocycles. The first-order chi connectivity index (χ1) is 12.9. The van der Waals surface area contributed by atoms with Crippen LogP contribution in [0.4, 0.5) is 0 Å². The number of hydrogen-bond acceptors (Lipinski definition) is 4. The molecule has 0 bridgehead atoms. The van der Waals surface area contributed by atoms with E-state index >= 15 is 0 Å². The molecule has 0 radical (unpaired) electrons. The average Bonchev–Trinajstić information content (AvgIpc) is 2.61. The molecule has 0 aromatic heterocycles. The smallest absolute Gasteiger partial charge is 0.341 e. The van der Waals surface area contributed by atoms with Gasteiger partial charge in [-0.2, -0.15) is 0 Å². The van der Waals surface area contributed by atoms with Crippen LogP contribution in [0.1, 0.15) is 66.4 Å². The number of carboxylic acids is 1. The maximum Gasteiger partial charge on any atom is 0.341 e. The lowest BCUT2D eigenvalue weighted by molar-refractivity contribution is -0.139. The number of amides is 1. The molecule has 1 heterocycles. The fourth-order valence-corrected chi connectivity index (χ4v) is 4.41. The third kappa shape index (κ3) is 4.80. The van der Waals surface area contributed by atoms with Crippen LogP contribution >= 0.6 is 0 Å². The van der Waals surface area contributed by atoms with Gasteiger partial charge in [-0.3, -0.25) is 4.79 Å². The minimum atomic E-state index is -1.02. The molecule has 1 aromatic carbocycles. The molecule has 6 heteroatoms. The monoisotopic (exact) mass is 375 g/mol. The zero-order valence-corrected chi connectivity index (χ0v) is 16.2. The van der Waals surface area contributed by atoms with Crippen LogP contribution in [-0.2, 0) is 9.53 Å². The van der Waals surface area contributed by atoms with Gasteiger partial charge in [0.1, 0.15) is 5.75 Å². The molecule has 1 spiro atoms. The number of carboxylic acid groups (broad SMARTS) is 1. The molecular weight excluding hydrogens is 346 g/mol. The summed E-state index contributed by atoms with van der Waals surface area (Å²) in [6, 6.07) is 3.65. The Kier molecular flexibility index (Phi) is 6.05. The number of hydrogen-bond donors (Lipinski definition) is 2. The Morgan fingerprint density at radius 1 is 1.22 bits per heavy atom. The second-order valence-corrected chi connectivity index (χ2v) is 7.88. The van der Waals surface area contributed by atoms with Crippen molar-refractivity contribution >= 4 is 11.9 Å². The summed E-state index contributed by atoms with van der Waals surface area (Å²) in [6.45, 7) is 3.96. The number of carbonyl (C=O) groups excluding carboxylic acids is 1. The predicted octanol–water partition coefficient (Wildman–Crippen LogP) is 3.38. The summed E-state index contributed by atoms with van der Waals surface area (Å²) >= 11 is 0. The van der Waals surface area contributed by atoms with Gasteiger partial charge < -0.3 is 19.9 Å². The topological polar surface area (TPSA) is 84.9 Å². The normalized spacial score (nSPS) is 21.6. The number of nitrogens with one attached hydrogen (secondary N) is 1. The van der Waals surface area contributed by atoms with E-state index in [0.29, 0.717) is 17.9 Å². The summed E-state index contributed by atoms with van der Waals surface area (Å²) < 4.78 is 11.4. The molecule has 3 rings (SSSR count). The number of benzene rings is 1. The summed E-state index contributed by atoms with van der Waals surface area (Å²) in [5, 5.41) is 12.0. The Morgan fingerprint density at radius 3 is 2.52 bits per heavy atom. The fourth-order valence-electron chi connectivity index (χ4n) is 4.41. The fraction of sp³-hybridized carbons (Fsp3) is 0.619. The third-order valence-corrected chi connectivity index (χ3v) is 5.66. The molecule has 1 amide bonds. The van der Waals surface area contributed by atoms with Gasteiger partial charge in [-0.1, -0.05) is 19.3 Å². The molecule has 1 aromatic rings. The van der Waals surface area contributed by atoms with Crippen LogP contribution in [-0.4, -0.2) is 41.8 Å². The molecule has 148 valence electrons. The summed E-state index contributed by atoms with van der Waals surface area (Å²) in [5.74, 6) is -0.586. The molecular formula is C21H29NO5. The molecule has 27 heavy (non-hydrogen) atoms. The van der Waals surface area contributed by atoms with Gasteiger partial charge in [0.05, 0.1) is 5.60 Å². The maximum atomic E-state index is 12.8. The van der Waals surface area contributed by atoms with Crippen LogP contribution in [0.15, 0.2) is 12.1 Å². The second-order valence-electron chi connectivity index (χ2n) is 7.88. The van der Waals surface area contributed by atoms with Crippen LogP contribution in [0.25, 0.3) is 0 Å². The highest BCUT2D eigenvalue weighted by molar-refractivity contribution is 5.95. The average molecular weight is 375 g/mol. The molecule has 1 unspecified atom stereocenters. The molecule has 2 fully saturated rings. The number of carbonyl (C=O) groups is 2. The Bertz CT molecular complexity index is 680. The summed E-state index contributed by atoms with van der Waals surface area (Å²) in [5.41, 5.74) is 2.06. The Labute approximate surface area is 160 Å². The largest absolute Gasteiger partial charge is 0.481 e. The molecule has 6 nitrogen and oxygen atoms in total. The van der Waals surface area contributed by atoms with Gasteiger partial charge in [0, 0.05) is 18.2 Å². The molecule has 2 N–H and O–H groups in total. The lowest BCUT2D eigenvalue weighted by Gasteiger charge is -2.43. The molecule has 2 aliphatic rings. The van der Waals surface area contributed by atoms with Gasteiger partial charge >= 0.3 is 5.97 Å². The van der Waals surface area contributed by atoms with Crippen molar-refractivity contribution in [1.82, 2.24) is 5.32 Å². The Balaban J connectivity index is 1.66. The number of aryl methyl sites for hydroxylation is 2. The van der Waals surface area contributed by atoms with E-state index in [0.717, 1.165) is 36.8 Å². The lowest BCUT2D eigenvalue weighted by atomic mass is 9.78. The number of ether oxygens (including phenoxy) is 2. The molecule has 1 saturated heterocycles. The highest BCUT2D eigenvalue weighted by atomic mass is 16.5. The van der Waals surface area contributed by atoms with Crippen molar-refractivity contribution in [1.29, 1.82) is 0 Å². The standard InChI is InChI=1S/C21H29NO5/c1-14-10-16(11-15(2)19(14)26-13-18(23)24)20(25)22-17-6-9-27-21(12-17)7-4-3-5-8-21/h10-11,17H,3-9,12-13H2,1-2H3,(H,22,25)(H,23,24). The van der Waals surface area contributed by atoms with Crippen molar-refractivity contribution in [2.75, 3.05) is 13.2 Å². The van der Waals surface area contributed by atoms with Crippen molar-refractivity contribution in [3.05, 3.63) is 28.8 Å². The minimum absolute atomic E-state index is 0.0468. The predicted molar refractivity (Wildman–Crippen MR) is 101 cm³/mol. The lowest BCUT2D eigenvalue weighted by Crippen LogP contribution is -2.49. The van der Waals surface area contributed by atoms with Gasteiger partial charge in [0.25, 0.3) is 5.91 Å². The summed E-state index contributed by atoms with van der Waals surface area (Å²) in [6.07, 6.45) is 7.59. The van der Waals surface area contributed by atoms with Crippen LogP contribution in [0.2, 0.25) is 0 Å². The van der Waals surface area contributed by atoms with Crippen molar-refractivity contribution < 1.29 is 24.2 Å². The van der Waals surface area contributed by atoms with Crippen molar-refractivity contribution in [3.8, 4) is 5.75 Å². The van der Waals surface area contributed by atoms with E-state index in [1.54, 1.807) is 12.1 Å². The zero-order chi connectivity index (χ0) is 19.4. The Hall–Kier alpha value is -2.08. The van der Waals surface area contributed by atoms with E-state index in [-0.39, 0.29) is 17.6 Å². The third-order valence-electron chi connectivity index (χ3n) is 5.66.